The van der Waals surface area contributed by atoms with E-state index in [-0.39, 0.29) is 33.3 Å². The van der Waals surface area contributed by atoms with Gasteiger partial charge in [0.1, 0.15) is 17.1 Å². The molecule has 0 spiro atoms. The topological polar surface area (TPSA) is 141 Å². The Morgan fingerprint density at radius 1 is 1.06 bits per heavy atom. The molecule has 1 aliphatic rings. The summed E-state index contributed by atoms with van der Waals surface area (Å²) in [7, 11) is 0. The maximum atomic E-state index is 13.3. The van der Waals surface area contributed by atoms with Crippen molar-refractivity contribution < 1.29 is 34.7 Å². The Bertz CT molecular complexity index is 1310. The molecule has 0 unspecified atom stereocenters. The van der Waals surface area contributed by atoms with Gasteiger partial charge in [0.05, 0.1) is 11.0 Å². The van der Waals surface area contributed by atoms with Crippen molar-refractivity contribution in [1.29, 1.82) is 0 Å². The Morgan fingerprint density at radius 3 is 2.29 bits per heavy atom. The molecule has 0 aliphatic carbocycles. The number of hydrogen-bond donors (Lipinski definition) is 5. The number of aliphatic hydroxyl groups excluding tert-OH is 1. The van der Waals surface area contributed by atoms with Crippen LogP contribution in [0.2, 0.25) is 0 Å². The van der Waals surface area contributed by atoms with Crippen LogP contribution in [0.15, 0.2) is 34.0 Å². The fraction of sp³-hybridized carbons (Fsp3) is 0.348. The second-order valence-corrected chi connectivity index (χ2v) is 9.01. The van der Waals surface area contributed by atoms with Gasteiger partial charge in [-0.15, -0.1) is 6.58 Å². The predicted molar refractivity (Wildman–Crippen MR) is 114 cm³/mol. The standard InChI is InChI=1S/C23H24O8/c1-6-22(2,3)11-8-12(24)16(27)13-14(25)9-7-10-15(26)21(23(4,5)29)31-19(10)17(28)18(9)30-20(11)13/h6-8,15,21,24,26-29H,1H2,2-5H3/t15-,21-/m1/s1. The predicted octanol–water partition coefficient (Wildman–Crippen LogP) is 3.09. The summed E-state index contributed by atoms with van der Waals surface area (Å²) >= 11 is 0. The van der Waals surface area contributed by atoms with Crippen molar-refractivity contribution in [3.05, 3.63) is 46.1 Å². The van der Waals surface area contributed by atoms with Crippen LogP contribution < -0.4 is 10.2 Å². The molecule has 4 rings (SSSR count). The second kappa shape index (κ2) is 6.38. The SMILES string of the molecule is C=CC(C)(C)c1cc(O)c(O)c2c(=O)c3cc4c(c(O)c3oc12)O[C@@H](C(C)(C)O)[C@@H]4O. The van der Waals surface area contributed by atoms with Crippen LogP contribution in [0.1, 0.15) is 44.9 Å². The van der Waals surface area contributed by atoms with Crippen molar-refractivity contribution in [3.8, 4) is 23.0 Å². The first-order valence-corrected chi connectivity index (χ1v) is 9.72. The van der Waals surface area contributed by atoms with E-state index < -0.39 is 45.9 Å². The number of phenolic OH excluding ortho intramolecular Hbond substituents is 3. The van der Waals surface area contributed by atoms with E-state index in [2.05, 4.69) is 6.58 Å². The highest BCUT2D eigenvalue weighted by atomic mass is 16.5. The van der Waals surface area contributed by atoms with Crippen molar-refractivity contribution in [2.45, 2.75) is 50.9 Å². The lowest BCUT2D eigenvalue weighted by atomic mass is 9.83. The molecule has 0 saturated carbocycles. The minimum atomic E-state index is -1.44. The molecule has 1 aliphatic heterocycles. The van der Waals surface area contributed by atoms with E-state index in [4.69, 9.17) is 9.15 Å². The molecule has 0 amide bonds. The van der Waals surface area contributed by atoms with Crippen molar-refractivity contribution in [2.75, 3.05) is 0 Å². The van der Waals surface area contributed by atoms with E-state index in [1.807, 2.05) is 0 Å². The van der Waals surface area contributed by atoms with Crippen LogP contribution >= 0.6 is 0 Å². The highest BCUT2D eigenvalue weighted by Gasteiger charge is 2.44. The number of ether oxygens (including phenoxy) is 1. The van der Waals surface area contributed by atoms with Crippen molar-refractivity contribution >= 4 is 21.9 Å². The van der Waals surface area contributed by atoms with Gasteiger partial charge in [-0.25, -0.2) is 0 Å². The molecule has 2 atom stereocenters. The Kier molecular flexibility index (Phi) is 4.33. The summed E-state index contributed by atoms with van der Waals surface area (Å²) in [6.07, 6.45) is -0.797. The number of fused-ring (bicyclic) bond motifs is 3. The third kappa shape index (κ3) is 2.86. The molecule has 0 saturated heterocycles. The monoisotopic (exact) mass is 428 g/mol. The summed E-state index contributed by atoms with van der Waals surface area (Å²) in [5, 5.41) is 52.0. The van der Waals surface area contributed by atoms with Gasteiger partial charge in [-0.2, -0.15) is 0 Å². The lowest BCUT2D eigenvalue weighted by Gasteiger charge is -2.27. The van der Waals surface area contributed by atoms with E-state index in [1.54, 1.807) is 19.9 Å². The average Bonchev–Trinajstić information content (AvgIpc) is 3.03. The third-order valence-electron chi connectivity index (χ3n) is 5.90. The number of aliphatic hydroxyl groups is 2. The molecule has 0 bridgehead atoms. The normalized spacial score (nSPS) is 18.9. The number of aromatic hydroxyl groups is 3. The summed E-state index contributed by atoms with van der Waals surface area (Å²) in [5.41, 5.74) is -2.64. The average molecular weight is 428 g/mol. The summed E-state index contributed by atoms with van der Waals surface area (Å²) in [5.74, 6) is -1.75. The maximum Gasteiger partial charge on any atom is 0.204 e. The zero-order valence-electron chi connectivity index (χ0n) is 17.6. The number of hydrogen-bond acceptors (Lipinski definition) is 8. The van der Waals surface area contributed by atoms with Gasteiger partial charge in [0.2, 0.25) is 11.2 Å². The van der Waals surface area contributed by atoms with Gasteiger partial charge in [0.25, 0.3) is 0 Å². The van der Waals surface area contributed by atoms with E-state index >= 15 is 0 Å². The molecule has 164 valence electrons. The zero-order valence-corrected chi connectivity index (χ0v) is 17.6. The van der Waals surface area contributed by atoms with Gasteiger partial charge in [-0.05, 0) is 26.0 Å². The van der Waals surface area contributed by atoms with Crippen molar-refractivity contribution in [1.82, 2.24) is 0 Å². The van der Waals surface area contributed by atoms with Gasteiger partial charge >= 0.3 is 0 Å². The van der Waals surface area contributed by atoms with Gasteiger partial charge in [-0.1, -0.05) is 19.9 Å². The van der Waals surface area contributed by atoms with Crippen molar-refractivity contribution in [3.63, 3.8) is 0 Å². The fourth-order valence-corrected chi connectivity index (χ4v) is 3.94. The smallest absolute Gasteiger partial charge is 0.204 e. The van der Waals surface area contributed by atoms with Crippen LogP contribution in [-0.4, -0.2) is 37.2 Å². The zero-order chi connectivity index (χ0) is 23.0. The second-order valence-electron chi connectivity index (χ2n) is 9.01. The maximum absolute atomic E-state index is 13.3. The molecule has 0 fully saturated rings. The molecule has 2 heterocycles. The lowest BCUT2D eigenvalue weighted by Crippen LogP contribution is -2.41. The molecule has 31 heavy (non-hydrogen) atoms. The molecule has 0 radical (unpaired) electrons. The summed E-state index contributed by atoms with van der Waals surface area (Å²) in [6, 6.07) is 2.58. The minimum Gasteiger partial charge on any atom is -0.504 e. The third-order valence-corrected chi connectivity index (χ3v) is 5.90. The first kappa shape index (κ1) is 21.0. The summed E-state index contributed by atoms with van der Waals surface area (Å²) < 4.78 is 11.5. The van der Waals surface area contributed by atoms with Crippen molar-refractivity contribution in [2.24, 2.45) is 0 Å². The lowest BCUT2D eigenvalue weighted by molar-refractivity contribution is -0.0766. The number of benzene rings is 2. The van der Waals surface area contributed by atoms with E-state index in [0.717, 1.165) is 0 Å². The molecule has 2 aromatic carbocycles. The minimum absolute atomic E-state index is 0.0227. The Morgan fingerprint density at radius 2 is 1.71 bits per heavy atom. The van der Waals surface area contributed by atoms with Crippen LogP contribution in [-0.2, 0) is 5.41 Å². The van der Waals surface area contributed by atoms with Gasteiger partial charge in [0.15, 0.2) is 28.9 Å². The van der Waals surface area contributed by atoms with Crippen LogP contribution in [0.25, 0.3) is 21.9 Å². The Labute approximate surface area is 177 Å². The molecule has 8 nitrogen and oxygen atoms in total. The van der Waals surface area contributed by atoms with Crippen LogP contribution in [0.4, 0.5) is 0 Å². The van der Waals surface area contributed by atoms with E-state index in [1.165, 1.54) is 26.0 Å². The highest BCUT2D eigenvalue weighted by Crippen LogP contribution is 2.50. The van der Waals surface area contributed by atoms with E-state index in [0.29, 0.717) is 5.56 Å². The largest absolute Gasteiger partial charge is 0.504 e. The Balaban J connectivity index is 2.15. The van der Waals surface area contributed by atoms with Gasteiger partial charge in [-0.3, -0.25) is 4.79 Å². The first-order valence-electron chi connectivity index (χ1n) is 9.72. The Hall–Kier alpha value is -3.23. The van der Waals surface area contributed by atoms with E-state index in [9.17, 15) is 30.3 Å². The first-order chi connectivity index (χ1) is 14.3. The summed E-state index contributed by atoms with van der Waals surface area (Å²) in [6.45, 7) is 10.2. The number of allylic oxidation sites excluding steroid dienone is 1. The molecule has 1 aromatic heterocycles. The molecule has 3 aromatic rings. The van der Waals surface area contributed by atoms with Crippen LogP contribution in [0, 0.1) is 0 Å². The van der Waals surface area contributed by atoms with Gasteiger partial charge in [0, 0.05) is 16.5 Å². The molecule has 8 heteroatoms. The number of rotatable bonds is 3. The highest BCUT2D eigenvalue weighted by molar-refractivity contribution is 5.99. The molecule has 5 N–H and O–H groups in total. The van der Waals surface area contributed by atoms with Crippen LogP contribution in [0.3, 0.4) is 0 Å². The van der Waals surface area contributed by atoms with Crippen LogP contribution in [0.5, 0.6) is 23.0 Å². The fourth-order valence-electron chi connectivity index (χ4n) is 3.94. The quantitative estimate of drug-likeness (QED) is 0.243. The molecular weight excluding hydrogens is 404 g/mol. The van der Waals surface area contributed by atoms with Gasteiger partial charge < -0.3 is 34.7 Å². The molecular formula is C23H24O8. The number of phenols is 3. The summed E-state index contributed by atoms with van der Waals surface area (Å²) in [4.78, 5) is 13.3.